The molecule has 2 rings (SSSR count). The summed E-state index contributed by atoms with van der Waals surface area (Å²) in [6, 6.07) is 8.05. The molecular formula is C12H12N4O2. The molecule has 0 bridgehead atoms. The predicted molar refractivity (Wildman–Crippen MR) is 68.1 cm³/mol. The largest absolute Gasteiger partial charge is 0.455 e. The van der Waals surface area contributed by atoms with E-state index in [2.05, 4.69) is 4.98 Å². The minimum Gasteiger partial charge on any atom is -0.455 e. The Bertz CT molecular complexity index is 598. The molecule has 0 aliphatic rings. The van der Waals surface area contributed by atoms with E-state index in [-0.39, 0.29) is 11.5 Å². The maximum atomic E-state index is 11.0. The quantitative estimate of drug-likeness (QED) is 0.748. The molecule has 0 saturated heterocycles. The van der Waals surface area contributed by atoms with Crippen LogP contribution in [0.2, 0.25) is 0 Å². The van der Waals surface area contributed by atoms with Crippen LogP contribution in [0.4, 0.5) is 11.5 Å². The van der Waals surface area contributed by atoms with Gasteiger partial charge in [-0.3, -0.25) is 4.79 Å². The smallest absolute Gasteiger partial charge is 0.248 e. The van der Waals surface area contributed by atoms with Gasteiger partial charge in [0.2, 0.25) is 5.91 Å². The highest BCUT2D eigenvalue weighted by molar-refractivity contribution is 5.93. The highest BCUT2D eigenvalue weighted by Crippen LogP contribution is 2.30. The zero-order chi connectivity index (χ0) is 13.1. The summed E-state index contributed by atoms with van der Waals surface area (Å²) >= 11 is 0. The number of carbonyl (C=O) groups excluding carboxylic acids is 1. The van der Waals surface area contributed by atoms with Crippen LogP contribution in [0.25, 0.3) is 0 Å². The molecule has 2 aromatic rings. The van der Waals surface area contributed by atoms with E-state index in [1.807, 2.05) is 0 Å². The van der Waals surface area contributed by atoms with Gasteiger partial charge in [-0.2, -0.15) is 0 Å². The number of nitrogen functional groups attached to an aromatic ring is 2. The lowest BCUT2D eigenvalue weighted by atomic mass is 10.2. The zero-order valence-electron chi connectivity index (χ0n) is 9.46. The van der Waals surface area contributed by atoms with E-state index in [0.717, 1.165) is 0 Å². The summed E-state index contributed by atoms with van der Waals surface area (Å²) in [5.74, 6) is 0.494. The number of nitrogens with two attached hydrogens (primary N) is 3. The highest BCUT2D eigenvalue weighted by Gasteiger charge is 2.07. The number of pyridine rings is 1. The first-order valence-corrected chi connectivity index (χ1v) is 5.15. The molecule has 0 atom stereocenters. The van der Waals surface area contributed by atoms with Gasteiger partial charge >= 0.3 is 0 Å². The summed E-state index contributed by atoms with van der Waals surface area (Å²) in [5, 5.41) is 0. The van der Waals surface area contributed by atoms with E-state index in [0.29, 0.717) is 17.1 Å². The average molecular weight is 244 g/mol. The lowest BCUT2D eigenvalue weighted by Gasteiger charge is -2.09. The van der Waals surface area contributed by atoms with Gasteiger partial charge in [-0.15, -0.1) is 0 Å². The van der Waals surface area contributed by atoms with Crippen LogP contribution in [-0.2, 0) is 0 Å². The first kappa shape index (κ1) is 11.7. The highest BCUT2D eigenvalue weighted by atomic mass is 16.5. The fourth-order valence-corrected chi connectivity index (χ4v) is 1.40. The van der Waals surface area contributed by atoms with E-state index < -0.39 is 5.91 Å². The third-order valence-corrected chi connectivity index (χ3v) is 2.33. The van der Waals surface area contributed by atoms with E-state index in [1.54, 1.807) is 24.3 Å². The van der Waals surface area contributed by atoms with Crippen molar-refractivity contribution in [3.05, 3.63) is 42.1 Å². The number of aromatic nitrogens is 1. The van der Waals surface area contributed by atoms with Gasteiger partial charge in [-0.25, -0.2) is 4.98 Å². The molecule has 6 N–H and O–H groups in total. The number of ether oxygens (including phenoxy) is 1. The lowest BCUT2D eigenvalue weighted by Crippen LogP contribution is -2.10. The Morgan fingerprint density at radius 1 is 1.22 bits per heavy atom. The number of hydrogen-bond donors (Lipinski definition) is 3. The summed E-state index contributed by atoms with van der Waals surface area (Å²) in [6.07, 6.45) is 1.49. The Hall–Kier alpha value is -2.76. The van der Waals surface area contributed by atoms with Crippen molar-refractivity contribution in [3.63, 3.8) is 0 Å². The SMILES string of the molecule is NC(=O)c1cccc(Oc2ccnc(N)c2N)c1. The Morgan fingerprint density at radius 3 is 2.72 bits per heavy atom. The van der Waals surface area contributed by atoms with Crippen LogP contribution in [0.3, 0.4) is 0 Å². The van der Waals surface area contributed by atoms with Gasteiger partial charge in [0.05, 0.1) is 0 Å². The summed E-state index contributed by atoms with van der Waals surface area (Å²) in [7, 11) is 0. The number of amides is 1. The van der Waals surface area contributed by atoms with Crippen molar-refractivity contribution in [3.8, 4) is 11.5 Å². The summed E-state index contributed by atoms with van der Waals surface area (Å²) in [5.41, 5.74) is 17.1. The second kappa shape index (κ2) is 4.62. The molecule has 92 valence electrons. The lowest BCUT2D eigenvalue weighted by molar-refractivity contribution is 0.1000. The number of anilines is 2. The van der Waals surface area contributed by atoms with Gasteiger partial charge in [0.1, 0.15) is 17.3 Å². The molecule has 0 spiro atoms. The van der Waals surface area contributed by atoms with Crippen molar-refractivity contribution in [2.24, 2.45) is 5.73 Å². The Balaban J connectivity index is 2.31. The number of carbonyl (C=O) groups is 1. The Kier molecular flexibility index (Phi) is 3.01. The zero-order valence-corrected chi connectivity index (χ0v) is 9.46. The maximum Gasteiger partial charge on any atom is 0.248 e. The number of benzene rings is 1. The van der Waals surface area contributed by atoms with Crippen molar-refractivity contribution >= 4 is 17.4 Å². The minimum absolute atomic E-state index is 0.193. The van der Waals surface area contributed by atoms with Gasteiger partial charge < -0.3 is 21.9 Å². The van der Waals surface area contributed by atoms with E-state index >= 15 is 0 Å². The Morgan fingerprint density at radius 2 is 2.00 bits per heavy atom. The van der Waals surface area contributed by atoms with Crippen LogP contribution in [0.5, 0.6) is 11.5 Å². The molecule has 0 radical (unpaired) electrons. The first-order valence-electron chi connectivity index (χ1n) is 5.15. The molecule has 0 saturated carbocycles. The van der Waals surface area contributed by atoms with Crippen LogP contribution >= 0.6 is 0 Å². The molecule has 1 aromatic heterocycles. The number of primary amides is 1. The predicted octanol–water partition coefficient (Wildman–Crippen LogP) is 1.14. The monoisotopic (exact) mass is 244 g/mol. The van der Waals surface area contributed by atoms with E-state index in [4.69, 9.17) is 21.9 Å². The number of nitrogens with zero attached hydrogens (tertiary/aromatic N) is 1. The summed E-state index contributed by atoms with van der Waals surface area (Å²) in [6.45, 7) is 0. The molecule has 6 nitrogen and oxygen atoms in total. The first-order chi connectivity index (χ1) is 8.58. The van der Waals surface area contributed by atoms with Crippen molar-refractivity contribution < 1.29 is 9.53 Å². The molecule has 1 aromatic carbocycles. The molecule has 18 heavy (non-hydrogen) atoms. The van der Waals surface area contributed by atoms with Crippen molar-refractivity contribution in [2.45, 2.75) is 0 Å². The van der Waals surface area contributed by atoms with Crippen molar-refractivity contribution in [1.82, 2.24) is 4.98 Å². The third-order valence-electron chi connectivity index (χ3n) is 2.33. The molecule has 0 aliphatic carbocycles. The standard InChI is InChI=1S/C12H12N4O2/c13-10-9(4-5-16-11(10)14)18-8-3-1-2-7(6-8)12(15)17/h1-6H,13H2,(H2,14,16)(H2,15,17). The third kappa shape index (κ3) is 2.32. The number of hydrogen-bond acceptors (Lipinski definition) is 5. The number of rotatable bonds is 3. The van der Waals surface area contributed by atoms with E-state index in [1.165, 1.54) is 12.3 Å². The average Bonchev–Trinajstić information content (AvgIpc) is 2.35. The van der Waals surface area contributed by atoms with Gasteiger partial charge in [0, 0.05) is 17.8 Å². The Labute approximate surface area is 103 Å². The van der Waals surface area contributed by atoms with Crippen molar-refractivity contribution in [1.29, 1.82) is 0 Å². The van der Waals surface area contributed by atoms with Crippen LogP contribution in [0, 0.1) is 0 Å². The van der Waals surface area contributed by atoms with Crippen LogP contribution in [0.15, 0.2) is 36.5 Å². The molecule has 0 aliphatic heterocycles. The fraction of sp³-hybridized carbons (Fsp3) is 0. The minimum atomic E-state index is -0.525. The van der Waals surface area contributed by atoms with Gasteiger partial charge in [0.15, 0.2) is 5.75 Å². The fourth-order valence-electron chi connectivity index (χ4n) is 1.40. The molecule has 1 heterocycles. The van der Waals surface area contributed by atoms with Crippen LogP contribution in [0.1, 0.15) is 10.4 Å². The van der Waals surface area contributed by atoms with Crippen molar-refractivity contribution in [2.75, 3.05) is 11.5 Å². The van der Waals surface area contributed by atoms with Gasteiger partial charge in [-0.05, 0) is 18.2 Å². The second-order valence-electron chi connectivity index (χ2n) is 3.60. The molecule has 0 unspecified atom stereocenters. The van der Waals surface area contributed by atoms with E-state index in [9.17, 15) is 4.79 Å². The second-order valence-corrected chi connectivity index (χ2v) is 3.60. The van der Waals surface area contributed by atoms with Gasteiger partial charge in [0.25, 0.3) is 0 Å². The van der Waals surface area contributed by atoms with Gasteiger partial charge in [-0.1, -0.05) is 6.07 Å². The molecule has 1 amide bonds. The molecule has 6 heteroatoms. The maximum absolute atomic E-state index is 11.0. The summed E-state index contributed by atoms with van der Waals surface area (Å²) < 4.78 is 5.53. The normalized spacial score (nSPS) is 10.0. The van der Waals surface area contributed by atoms with Crippen LogP contribution in [-0.4, -0.2) is 10.9 Å². The molecular weight excluding hydrogens is 232 g/mol. The van der Waals surface area contributed by atoms with Crippen LogP contribution < -0.4 is 21.9 Å². The summed E-state index contributed by atoms with van der Waals surface area (Å²) in [4.78, 5) is 14.9. The molecule has 0 fully saturated rings. The topological polar surface area (TPSA) is 117 Å².